The third-order valence-corrected chi connectivity index (χ3v) is 6.57. The fourth-order valence-electron chi connectivity index (χ4n) is 2.94. The van der Waals surface area contributed by atoms with Crippen molar-refractivity contribution in [1.82, 2.24) is 4.90 Å². The minimum Gasteiger partial charge on any atom is -0.294 e. The predicted octanol–water partition coefficient (Wildman–Crippen LogP) is 3.64. The van der Waals surface area contributed by atoms with Gasteiger partial charge in [0.1, 0.15) is 11.4 Å². The molecule has 0 aliphatic carbocycles. The molecule has 2 unspecified atom stereocenters. The van der Waals surface area contributed by atoms with Crippen molar-refractivity contribution in [2.75, 3.05) is 10.7 Å². The third-order valence-electron chi connectivity index (χ3n) is 4.06. The number of anilines is 1. The van der Waals surface area contributed by atoms with E-state index in [2.05, 4.69) is 13.0 Å². The van der Waals surface area contributed by atoms with E-state index in [0.717, 1.165) is 0 Å². The van der Waals surface area contributed by atoms with E-state index in [4.69, 9.17) is 0 Å². The van der Waals surface area contributed by atoms with E-state index in [1.807, 2.05) is 23.6 Å². The van der Waals surface area contributed by atoms with Crippen molar-refractivity contribution in [3.63, 3.8) is 0 Å². The molecule has 3 amide bonds. The zero-order chi connectivity index (χ0) is 15.3. The lowest BCUT2D eigenvalue weighted by atomic mass is 10.2. The van der Waals surface area contributed by atoms with Crippen molar-refractivity contribution in [2.45, 2.75) is 18.3 Å². The van der Waals surface area contributed by atoms with Crippen molar-refractivity contribution in [2.24, 2.45) is 0 Å². The van der Waals surface area contributed by atoms with Crippen molar-refractivity contribution in [1.29, 1.82) is 0 Å². The molecular formula is C16H14N2O2S2. The van der Waals surface area contributed by atoms with Gasteiger partial charge in [0.25, 0.3) is 5.91 Å². The minimum absolute atomic E-state index is 0.0461. The summed E-state index contributed by atoms with van der Waals surface area (Å²) in [5.74, 6) is 0.552. The average molecular weight is 330 g/mol. The van der Waals surface area contributed by atoms with Crippen LogP contribution in [-0.2, 0) is 4.79 Å². The number of urea groups is 1. The van der Waals surface area contributed by atoms with Crippen LogP contribution in [0.25, 0.3) is 0 Å². The van der Waals surface area contributed by atoms with E-state index in [1.165, 1.54) is 15.3 Å². The summed E-state index contributed by atoms with van der Waals surface area (Å²) < 4.78 is 0. The van der Waals surface area contributed by atoms with Gasteiger partial charge in [0, 0.05) is 10.6 Å². The van der Waals surface area contributed by atoms with Crippen molar-refractivity contribution < 1.29 is 9.59 Å². The van der Waals surface area contributed by atoms with Gasteiger partial charge in [-0.3, -0.25) is 9.69 Å². The lowest BCUT2D eigenvalue weighted by Crippen LogP contribution is -2.33. The van der Waals surface area contributed by atoms with Gasteiger partial charge in [-0.2, -0.15) is 0 Å². The predicted molar refractivity (Wildman–Crippen MR) is 89.2 cm³/mol. The summed E-state index contributed by atoms with van der Waals surface area (Å²) in [5, 5.41) is 1.99. The van der Waals surface area contributed by atoms with Crippen LogP contribution in [0.15, 0.2) is 41.8 Å². The maximum atomic E-state index is 12.8. The van der Waals surface area contributed by atoms with Gasteiger partial charge in [-0.15, -0.1) is 23.1 Å². The number of para-hydroxylation sites is 1. The van der Waals surface area contributed by atoms with Crippen LogP contribution in [-0.4, -0.2) is 28.6 Å². The highest BCUT2D eigenvalue weighted by molar-refractivity contribution is 8.00. The molecule has 1 aromatic carbocycles. The fraction of sp³-hybridized carbons (Fsp3) is 0.250. The molecule has 6 heteroatoms. The number of imide groups is 1. The Balaban J connectivity index is 1.72. The Morgan fingerprint density at radius 1 is 1.14 bits per heavy atom. The van der Waals surface area contributed by atoms with E-state index >= 15 is 0 Å². The average Bonchev–Trinajstić information content (AvgIpc) is 3.18. The lowest BCUT2D eigenvalue weighted by molar-refractivity contribution is -0.119. The number of rotatable bonds is 2. The molecule has 2 fully saturated rings. The molecule has 2 saturated heterocycles. The Kier molecular flexibility index (Phi) is 3.23. The topological polar surface area (TPSA) is 40.6 Å². The Bertz CT molecular complexity index is 744. The highest BCUT2D eigenvalue weighted by Gasteiger charge is 2.53. The van der Waals surface area contributed by atoms with Gasteiger partial charge < -0.3 is 0 Å². The second kappa shape index (κ2) is 5.14. The quantitative estimate of drug-likeness (QED) is 0.789. The Morgan fingerprint density at radius 2 is 1.91 bits per heavy atom. The van der Waals surface area contributed by atoms with Crippen LogP contribution in [0.5, 0.6) is 0 Å². The molecule has 0 radical (unpaired) electrons. The second-order valence-electron chi connectivity index (χ2n) is 5.37. The molecule has 4 rings (SSSR count). The van der Waals surface area contributed by atoms with Crippen molar-refractivity contribution in [3.8, 4) is 0 Å². The van der Waals surface area contributed by atoms with Gasteiger partial charge in [-0.25, -0.2) is 9.69 Å². The number of thioether (sulfide) groups is 1. The van der Waals surface area contributed by atoms with E-state index in [-0.39, 0.29) is 23.4 Å². The molecule has 0 bridgehead atoms. The number of hydrogen-bond acceptors (Lipinski definition) is 4. The number of amides is 3. The number of carbonyl (C=O) groups is 2. The summed E-state index contributed by atoms with van der Waals surface area (Å²) in [6.45, 7) is 2.05. The first-order valence-corrected chi connectivity index (χ1v) is 8.98. The Morgan fingerprint density at radius 3 is 2.59 bits per heavy atom. The second-order valence-corrected chi connectivity index (χ2v) is 7.43. The van der Waals surface area contributed by atoms with Crippen molar-refractivity contribution in [3.05, 3.63) is 52.2 Å². The summed E-state index contributed by atoms with van der Waals surface area (Å²) in [6.07, 6.45) is 0. The maximum absolute atomic E-state index is 12.8. The zero-order valence-corrected chi connectivity index (χ0v) is 13.6. The SMILES string of the molecule is Cc1ccsc1C1SCC2C(=O)N(c3ccccc3)C(=O)N21. The van der Waals surface area contributed by atoms with Crippen LogP contribution >= 0.6 is 23.1 Å². The molecule has 2 atom stereocenters. The highest BCUT2D eigenvalue weighted by atomic mass is 32.2. The van der Waals surface area contributed by atoms with E-state index in [1.54, 1.807) is 40.1 Å². The Labute approximate surface area is 136 Å². The van der Waals surface area contributed by atoms with Crippen LogP contribution in [0, 0.1) is 6.92 Å². The number of hydrogen-bond donors (Lipinski definition) is 0. The van der Waals surface area contributed by atoms with Gasteiger partial charge >= 0.3 is 6.03 Å². The molecule has 2 aliphatic heterocycles. The summed E-state index contributed by atoms with van der Waals surface area (Å²) >= 11 is 3.33. The molecule has 2 aromatic rings. The molecule has 4 nitrogen and oxygen atoms in total. The van der Waals surface area contributed by atoms with E-state index < -0.39 is 0 Å². The molecule has 0 N–H and O–H groups in total. The fourth-order valence-corrected chi connectivity index (χ4v) is 5.62. The van der Waals surface area contributed by atoms with Gasteiger partial charge in [-0.05, 0) is 36.1 Å². The van der Waals surface area contributed by atoms with Gasteiger partial charge in [-0.1, -0.05) is 18.2 Å². The van der Waals surface area contributed by atoms with Gasteiger partial charge in [0.05, 0.1) is 5.69 Å². The van der Waals surface area contributed by atoms with Crippen LogP contribution in [0.3, 0.4) is 0 Å². The van der Waals surface area contributed by atoms with Gasteiger partial charge in [0.2, 0.25) is 0 Å². The van der Waals surface area contributed by atoms with E-state index in [9.17, 15) is 9.59 Å². The molecule has 0 spiro atoms. The number of benzene rings is 1. The first-order valence-electron chi connectivity index (χ1n) is 7.05. The molecule has 2 aliphatic rings. The maximum Gasteiger partial charge on any atom is 0.333 e. The zero-order valence-electron chi connectivity index (χ0n) is 11.9. The highest BCUT2D eigenvalue weighted by Crippen LogP contribution is 2.48. The molecule has 1 aromatic heterocycles. The number of aryl methyl sites for hydroxylation is 1. The third kappa shape index (κ3) is 1.90. The molecule has 0 saturated carbocycles. The monoisotopic (exact) mass is 330 g/mol. The number of nitrogens with zero attached hydrogens (tertiary/aromatic N) is 2. The lowest BCUT2D eigenvalue weighted by Gasteiger charge is -2.22. The summed E-state index contributed by atoms with van der Waals surface area (Å²) in [7, 11) is 0. The van der Waals surface area contributed by atoms with Crippen molar-refractivity contribution >= 4 is 40.7 Å². The first-order chi connectivity index (χ1) is 10.7. The van der Waals surface area contributed by atoms with Gasteiger partial charge in [0.15, 0.2) is 0 Å². The number of carbonyl (C=O) groups excluding carboxylic acids is 2. The summed E-state index contributed by atoms with van der Waals surface area (Å²) in [4.78, 5) is 29.7. The van der Waals surface area contributed by atoms with Crippen LogP contribution in [0.2, 0.25) is 0 Å². The van der Waals surface area contributed by atoms with E-state index in [0.29, 0.717) is 11.4 Å². The molecular weight excluding hydrogens is 316 g/mol. The number of thiophene rings is 1. The summed E-state index contributed by atoms with van der Waals surface area (Å²) in [6, 6.07) is 10.7. The molecule has 3 heterocycles. The Hall–Kier alpha value is -1.79. The van der Waals surface area contributed by atoms with Crippen LogP contribution in [0.4, 0.5) is 10.5 Å². The first kappa shape index (κ1) is 13.8. The minimum atomic E-state index is -0.343. The standard InChI is InChI=1S/C16H14N2O2S2/c1-10-7-8-21-13(10)15-18-12(9-22-15)14(19)17(16(18)20)11-5-3-2-4-6-11/h2-8,12,15H,9H2,1H3. The van der Waals surface area contributed by atoms with Crippen LogP contribution in [0.1, 0.15) is 15.8 Å². The summed E-state index contributed by atoms with van der Waals surface area (Å²) in [5.41, 5.74) is 1.83. The molecule has 112 valence electrons. The molecule has 22 heavy (non-hydrogen) atoms. The normalized spacial score (nSPS) is 24.2. The largest absolute Gasteiger partial charge is 0.333 e. The smallest absolute Gasteiger partial charge is 0.294 e. The number of fused-ring (bicyclic) bond motifs is 1. The van der Waals surface area contributed by atoms with Crippen LogP contribution < -0.4 is 4.90 Å².